The van der Waals surface area contributed by atoms with Crippen LogP contribution >= 0.6 is 0 Å². The zero-order valence-electron chi connectivity index (χ0n) is 16.3. The van der Waals surface area contributed by atoms with Crippen LogP contribution in [0.5, 0.6) is 11.5 Å². The number of morpholine rings is 1. The van der Waals surface area contributed by atoms with Crippen molar-refractivity contribution in [3.8, 4) is 11.5 Å². The van der Waals surface area contributed by atoms with Crippen LogP contribution in [0.15, 0.2) is 54.6 Å². The molecule has 0 aliphatic carbocycles. The largest absolute Gasteiger partial charge is 0.496 e. The minimum absolute atomic E-state index is 0.0883. The highest BCUT2D eigenvalue weighted by atomic mass is 16.5. The van der Waals surface area contributed by atoms with Gasteiger partial charge in [-0.2, -0.15) is 0 Å². The molecule has 1 fully saturated rings. The maximum atomic E-state index is 12.7. The molecule has 1 aliphatic heterocycles. The highest BCUT2D eigenvalue weighted by Gasteiger charge is 2.12. The highest BCUT2D eigenvalue weighted by molar-refractivity contribution is 6.08. The van der Waals surface area contributed by atoms with E-state index in [0.29, 0.717) is 17.9 Å². The molecular weight excluding hydrogens is 354 g/mol. The van der Waals surface area contributed by atoms with Gasteiger partial charge < -0.3 is 14.2 Å². The van der Waals surface area contributed by atoms with E-state index in [4.69, 9.17) is 14.2 Å². The fourth-order valence-electron chi connectivity index (χ4n) is 3.15. The molecule has 1 saturated heterocycles. The molecule has 0 N–H and O–H groups in total. The van der Waals surface area contributed by atoms with Crippen LogP contribution in [0, 0.1) is 0 Å². The molecule has 0 unspecified atom stereocenters. The molecule has 0 saturated carbocycles. The summed E-state index contributed by atoms with van der Waals surface area (Å²) in [4.78, 5) is 15.1. The molecule has 0 atom stereocenters. The minimum atomic E-state index is -0.0883. The van der Waals surface area contributed by atoms with E-state index in [1.165, 1.54) is 0 Å². The van der Waals surface area contributed by atoms with Crippen molar-refractivity contribution < 1.29 is 19.0 Å². The molecule has 28 heavy (non-hydrogen) atoms. The number of rotatable bonds is 9. The van der Waals surface area contributed by atoms with E-state index in [2.05, 4.69) is 4.90 Å². The molecule has 2 aromatic carbocycles. The second-order valence-electron chi connectivity index (χ2n) is 6.59. The van der Waals surface area contributed by atoms with Crippen LogP contribution in [-0.4, -0.2) is 57.2 Å². The number of carbonyl (C=O) groups excluding carboxylic acids is 1. The van der Waals surface area contributed by atoms with Crippen LogP contribution in [0.2, 0.25) is 0 Å². The van der Waals surface area contributed by atoms with E-state index in [1.807, 2.05) is 42.5 Å². The van der Waals surface area contributed by atoms with Crippen LogP contribution in [0.4, 0.5) is 0 Å². The summed E-state index contributed by atoms with van der Waals surface area (Å²) in [5.41, 5.74) is 1.43. The van der Waals surface area contributed by atoms with E-state index in [1.54, 1.807) is 25.3 Å². The summed E-state index contributed by atoms with van der Waals surface area (Å²) in [6.45, 7) is 5.12. The number of para-hydroxylation sites is 2. The van der Waals surface area contributed by atoms with Gasteiger partial charge in [-0.15, -0.1) is 0 Å². The van der Waals surface area contributed by atoms with Gasteiger partial charge in [-0.05, 0) is 36.8 Å². The van der Waals surface area contributed by atoms with Gasteiger partial charge in [0.15, 0.2) is 5.78 Å². The van der Waals surface area contributed by atoms with Gasteiger partial charge in [-0.25, -0.2) is 0 Å². The molecule has 1 heterocycles. The second-order valence-corrected chi connectivity index (χ2v) is 6.59. The predicted octanol–water partition coefficient (Wildman–Crippen LogP) is 3.69. The predicted molar refractivity (Wildman–Crippen MR) is 110 cm³/mol. The molecule has 148 valence electrons. The van der Waals surface area contributed by atoms with E-state index in [9.17, 15) is 4.79 Å². The first-order valence-electron chi connectivity index (χ1n) is 9.65. The first-order chi connectivity index (χ1) is 13.8. The molecule has 0 radical (unpaired) electrons. The number of allylic oxidation sites excluding steroid dienone is 1. The standard InChI is InChI=1S/C23H27NO4/c1-26-22-9-4-2-7-19(22)11-12-21(25)20-8-3-5-10-23(20)28-16-6-13-24-14-17-27-18-15-24/h2-5,7-12H,6,13-18H2,1H3. The van der Waals surface area contributed by atoms with Crippen LogP contribution in [0.1, 0.15) is 22.3 Å². The molecule has 5 nitrogen and oxygen atoms in total. The normalized spacial score (nSPS) is 14.9. The third-order valence-electron chi connectivity index (χ3n) is 4.69. The Hall–Kier alpha value is -2.63. The lowest BCUT2D eigenvalue weighted by Crippen LogP contribution is -2.37. The van der Waals surface area contributed by atoms with Crippen molar-refractivity contribution in [2.24, 2.45) is 0 Å². The van der Waals surface area contributed by atoms with Crippen molar-refractivity contribution in [2.75, 3.05) is 46.6 Å². The second kappa shape index (κ2) is 10.6. The van der Waals surface area contributed by atoms with Gasteiger partial charge in [0.25, 0.3) is 0 Å². The summed E-state index contributed by atoms with van der Waals surface area (Å²) in [5.74, 6) is 1.27. The minimum Gasteiger partial charge on any atom is -0.496 e. The molecule has 5 heteroatoms. The lowest BCUT2D eigenvalue weighted by molar-refractivity contribution is 0.0357. The zero-order valence-corrected chi connectivity index (χ0v) is 16.3. The van der Waals surface area contributed by atoms with E-state index >= 15 is 0 Å². The van der Waals surface area contributed by atoms with Gasteiger partial charge in [-0.3, -0.25) is 9.69 Å². The number of hydrogen-bond donors (Lipinski definition) is 0. The Balaban J connectivity index is 1.57. The molecule has 3 rings (SSSR count). The van der Waals surface area contributed by atoms with E-state index < -0.39 is 0 Å². The van der Waals surface area contributed by atoms with Crippen LogP contribution in [-0.2, 0) is 4.74 Å². The van der Waals surface area contributed by atoms with Crippen LogP contribution in [0.3, 0.4) is 0 Å². The number of methoxy groups -OCH3 is 1. The molecule has 0 bridgehead atoms. The van der Waals surface area contributed by atoms with Gasteiger partial charge in [-0.1, -0.05) is 30.3 Å². The van der Waals surface area contributed by atoms with Gasteiger partial charge in [0.2, 0.25) is 0 Å². The first-order valence-corrected chi connectivity index (χ1v) is 9.65. The zero-order chi connectivity index (χ0) is 19.6. The van der Waals surface area contributed by atoms with Crippen LogP contribution < -0.4 is 9.47 Å². The topological polar surface area (TPSA) is 48.0 Å². The Morgan fingerprint density at radius 3 is 2.57 bits per heavy atom. The smallest absolute Gasteiger partial charge is 0.189 e. The van der Waals surface area contributed by atoms with Crippen molar-refractivity contribution in [1.82, 2.24) is 4.90 Å². The van der Waals surface area contributed by atoms with Gasteiger partial charge in [0.05, 0.1) is 32.5 Å². The monoisotopic (exact) mass is 381 g/mol. The first kappa shape index (κ1) is 20.1. The third kappa shape index (κ3) is 5.68. The Labute approximate surface area is 166 Å². The molecular formula is C23H27NO4. The van der Waals surface area contributed by atoms with E-state index in [-0.39, 0.29) is 5.78 Å². The van der Waals surface area contributed by atoms with Crippen molar-refractivity contribution >= 4 is 11.9 Å². The van der Waals surface area contributed by atoms with Crippen LogP contribution in [0.25, 0.3) is 6.08 Å². The number of nitrogens with zero attached hydrogens (tertiary/aromatic N) is 1. The van der Waals surface area contributed by atoms with E-state index in [0.717, 1.165) is 50.6 Å². The van der Waals surface area contributed by atoms with Gasteiger partial charge in [0, 0.05) is 25.2 Å². The van der Waals surface area contributed by atoms with Crippen molar-refractivity contribution in [3.63, 3.8) is 0 Å². The fraction of sp³-hybridized carbons (Fsp3) is 0.348. The number of hydrogen-bond acceptors (Lipinski definition) is 5. The number of benzene rings is 2. The van der Waals surface area contributed by atoms with Crippen molar-refractivity contribution in [3.05, 3.63) is 65.7 Å². The summed E-state index contributed by atoms with van der Waals surface area (Å²) < 4.78 is 16.6. The Kier molecular flexibility index (Phi) is 7.64. The lowest BCUT2D eigenvalue weighted by Gasteiger charge is -2.26. The molecule has 0 spiro atoms. The summed E-state index contributed by atoms with van der Waals surface area (Å²) >= 11 is 0. The quantitative estimate of drug-likeness (QED) is 0.377. The maximum absolute atomic E-state index is 12.7. The average Bonchev–Trinajstić information content (AvgIpc) is 2.76. The summed E-state index contributed by atoms with van der Waals surface area (Å²) in [6, 6.07) is 15.0. The average molecular weight is 381 g/mol. The molecule has 2 aromatic rings. The lowest BCUT2D eigenvalue weighted by atomic mass is 10.1. The number of carbonyl (C=O) groups is 1. The summed E-state index contributed by atoms with van der Waals surface area (Å²) in [5, 5.41) is 0. The number of ketones is 1. The van der Waals surface area contributed by atoms with Crippen molar-refractivity contribution in [1.29, 1.82) is 0 Å². The van der Waals surface area contributed by atoms with Gasteiger partial charge in [0.1, 0.15) is 11.5 Å². The Bertz CT molecular complexity index is 797. The SMILES string of the molecule is COc1ccccc1C=CC(=O)c1ccccc1OCCCN1CCOCC1. The fourth-order valence-corrected chi connectivity index (χ4v) is 3.15. The summed E-state index contributed by atoms with van der Waals surface area (Å²) in [6.07, 6.45) is 4.25. The molecule has 0 amide bonds. The number of ether oxygens (including phenoxy) is 3. The Morgan fingerprint density at radius 1 is 1.07 bits per heavy atom. The molecule has 1 aliphatic rings. The Morgan fingerprint density at radius 2 is 1.79 bits per heavy atom. The molecule has 0 aromatic heterocycles. The maximum Gasteiger partial charge on any atom is 0.189 e. The highest BCUT2D eigenvalue weighted by Crippen LogP contribution is 2.22. The van der Waals surface area contributed by atoms with Gasteiger partial charge >= 0.3 is 0 Å². The third-order valence-corrected chi connectivity index (χ3v) is 4.69. The summed E-state index contributed by atoms with van der Waals surface area (Å²) in [7, 11) is 1.62. The van der Waals surface area contributed by atoms with Crippen molar-refractivity contribution in [2.45, 2.75) is 6.42 Å².